The van der Waals surface area contributed by atoms with Crippen molar-refractivity contribution in [3.05, 3.63) is 94.8 Å². The number of carbonyl (C=O) groups excluding carboxylic acids is 1. The Balaban J connectivity index is 1.69. The molecular weight excluding hydrogens is 356 g/mol. The minimum Gasteiger partial charge on any atom is -0.349 e. The average molecular weight is 387 g/mol. The number of fused-ring (bicyclic) bond motifs is 1. The largest absolute Gasteiger partial charge is 0.349 e. The Morgan fingerprint density at radius 3 is 2.62 bits per heavy atom. The molecule has 0 fully saturated rings. The molecule has 29 heavy (non-hydrogen) atoms. The highest BCUT2D eigenvalue weighted by atomic mass is 16.2. The standard InChI is InChI=1S/C26H30N2O/c1-3-4-9-21-12-14-22(15-13-21)26(29)28-18-7-17-27-16-6-11-24(27)25(28)23-10-5-8-20(2)19-23/h5-6,8,10-16,19,25H,3-4,7,9,17-18H2,1-2H3. The van der Waals surface area contributed by atoms with Crippen LogP contribution in [0.5, 0.6) is 0 Å². The van der Waals surface area contributed by atoms with Crippen LogP contribution in [0.15, 0.2) is 66.9 Å². The normalized spacial score (nSPS) is 16.3. The van der Waals surface area contributed by atoms with Gasteiger partial charge in [0.05, 0.1) is 6.04 Å². The molecule has 1 aromatic heterocycles. The first-order valence-corrected chi connectivity index (χ1v) is 10.8. The van der Waals surface area contributed by atoms with Gasteiger partial charge in [0.2, 0.25) is 0 Å². The van der Waals surface area contributed by atoms with Gasteiger partial charge in [0.15, 0.2) is 0 Å². The van der Waals surface area contributed by atoms with Gasteiger partial charge in [0, 0.05) is 30.5 Å². The average Bonchev–Trinajstić information content (AvgIpc) is 3.12. The number of benzene rings is 2. The van der Waals surface area contributed by atoms with Crippen LogP contribution in [-0.2, 0) is 13.0 Å². The van der Waals surface area contributed by atoms with Gasteiger partial charge in [-0.2, -0.15) is 0 Å². The lowest BCUT2D eigenvalue weighted by Crippen LogP contribution is -2.35. The maximum Gasteiger partial charge on any atom is 0.254 e. The molecule has 1 amide bonds. The predicted molar refractivity (Wildman–Crippen MR) is 118 cm³/mol. The first-order valence-electron chi connectivity index (χ1n) is 10.8. The first kappa shape index (κ1) is 19.5. The first-order chi connectivity index (χ1) is 14.2. The van der Waals surface area contributed by atoms with Gasteiger partial charge in [-0.15, -0.1) is 0 Å². The molecule has 3 aromatic rings. The molecule has 1 atom stereocenters. The van der Waals surface area contributed by atoms with Crippen molar-refractivity contribution in [1.82, 2.24) is 9.47 Å². The van der Waals surface area contributed by atoms with Crippen LogP contribution >= 0.6 is 0 Å². The molecule has 1 unspecified atom stereocenters. The number of amides is 1. The molecule has 0 N–H and O–H groups in total. The maximum atomic E-state index is 13.6. The summed E-state index contributed by atoms with van der Waals surface area (Å²) in [5.74, 6) is 0.119. The van der Waals surface area contributed by atoms with Crippen LogP contribution in [0.4, 0.5) is 0 Å². The zero-order chi connectivity index (χ0) is 20.2. The molecule has 1 aliphatic heterocycles. The number of carbonyl (C=O) groups is 1. The van der Waals surface area contributed by atoms with Gasteiger partial charge in [-0.25, -0.2) is 0 Å². The third kappa shape index (κ3) is 4.14. The van der Waals surface area contributed by atoms with Gasteiger partial charge in [-0.05, 0) is 61.6 Å². The summed E-state index contributed by atoms with van der Waals surface area (Å²) < 4.78 is 2.30. The quantitative estimate of drug-likeness (QED) is 0.546. The van der Waals surface area contributed by atoms with E-state index in [-0.39, 0.29) is 11.9 Å². The molecule has 150 valence electrons. The van der Waals surface area contributed by atoms with Crippen molar-refractivity contribution in [2.75, 3.05) is 6.54 Å². The lowest BCUT2D eigenvalue weighted by molar-refractivity contribution is 0.0709. The summed E-state index contributed by atoms with van der Waals surface area (Å²) >= 11 is 0. The molecule has 2 heterocycles. The smallest absolute Gasteiger partial charge is 0.254 e. The Morgan fingerprint density at radius 1 is 1.03 bits per heavy atom. The lowest BCUT2D eigenvalue weighted by Gasteiger charge is -2.31. The Labute approximate surface area is 174 Å². The molecule has 0 bridgehead atoms. The van der Waals surface area contributed by atoms with E-state index in [2.05, 4.69) is 78.0 Å². The molecule has 2 aromatic carbocycles. The zero-order valence-corrected chi connectivity index (χ0v) is 17.5. The number of aromatic nitrogens is 1. The lowest BCUT2D eigenvalue weighted by atomic mass is 9.98. The highest BCUT2D eigenvalue weighted by Crippen LogP contribution is 2.33. The molecule has 0 radical (unpaired) electrons. The summed E-state index contributed by atoms with van der Waals surface area (Å²) in [6.45, 7) is 6.03. The predicted octanol–water partition coefficient (Wildman–Crippen LogP) is 5.77. The minimum atomic E-state index is -0.0559. The van der Waals surface area contributed by atoms with Crippen LogP contribution < -0.4 is 0 Å². The Morgan fingerprint density at radius 2 is 1.86 bits per heavy atom. The number of rotatable bonds is 5. The Hall–Kier alpha value is -2.81. The summed E-state index contributed by atoms with van der Waals surface area (Å²) in [5.41, 5.74) is 5.68. The highest BCUT2D eigenvalue weighted by Gasteiger charge is 2.31. The number of hydrogen-bond acceptors (Lipinski definition) is 1. The molecule has 0 saturated heterocycles. The summed E-state index contributed by atoms with van der Waals surface area (Å²) in [6.07, 6.45) is 6.55. The Bertz CT molecular complexity index is 970. The van der Waals surface area contributed by atoms with E-state index < -0.39 is 0 Å². The van der Waals surface area contributed by atoms with E-state index in [1.54, 1.807) is 0 Å². The minimum absolute atomic E-state index is 0.0559. The molecule has 1 aliphatic rings. The van der Waals surface area contributed by atoms with Crippen molar-refractivity contribution >= 4 is 5.91 Å². The van der Waals surface area contributed by atoms with E-state index in [9.17, 15) is 4.79 Å². The van der Waals surface area contributed by atoms with E-state index >= 15 is 0 Å². The van der Waals surface area contributed by atoms with E-state index in [0.29, 0.717) is 0 Å². The van der Waals surface area contributed by atoms with Crippen LogP contribution in [0.25, 0.3) is 0 Å². The van der Waals surface area contributed by atoms with E-state index in [1.165, 1.54) is 35.2 Å². The molecule has 0 aliphatic carbocycles. The second kappa shape index (κ2) is 8.69. The fourth-order valence-electron chi connectivity index (χ4n) is 4.35. The van der Waals surface area contributed by atoms with Crippen LogP contribution in [0.1, 0.15) is 65.0 Å². The van der Waals surface area contributed by atoms with Crippen LogP contribution in [0.2, 0.25) is 0 Å². The van der Waals surface area contributed by atoms with E-state index in [1.807, 2.05) is 12.1 Å². The monoisotopic (exact) mass is 386 g/mol. The van der Waals surface area contributed by atoms with Crippen molar-refractivity contribution in [2.45, 2.75) is 52.1 Å². The van der Waals surface area contributed by atoms with Gasteiger partial charge in [-0.1, -0.05) is 55.3 Å². The number of aryl methyl sites for hydroxylation is 3. The topological polar surface area (TPSA) is 25.2 Å². The third-order valence-corrected chi connectivity index (χ3v) is 5.89. The summed E-state index contributed by atoms with van der Waals surface area (Å²) in [5, 5.41) is 0. The maximum absolute atomic E-state index is 13.6. The molecule has 4 rings (SSSR count). The van der Waals surface area contributed by atoms with E-state index in [4.69, 9.17) is 0 Å². The van der Waals surface area contributed by atoms with Crippen LogP contribution in [0.3, 0.4) is 0 Å². The number of unbranched alkanes of at least 4 members (excludes halogenated alkanes) is 1. The SMILES string of the molecule is CCCCc1ccc(C(=O)N2CCCn3cccc3C2c2cccc(C)c2)cc1. The molecule has 0 spiro atoms. The fraction of sp³-hybridized carbons (Fsp3) is 0.346. The number of hydrogen-bond donors (Lipinski definition) is 0. The van der Waals surface area contributed by atoms with Gasteiger partial charge >= 0.3 is 0 Å². The third-order valence-electron chi connectivity index (χ3n) is 5.89. The molecule has 3 heteroatoms. The second-order valence-electron chi connectivity index (χ2n) is 8.10. The fourth-order valence-corrected chi connectivity index (χ4v) is 4.35. The highest BCUT2D eigenvalue weighted by molar-refractivity contribution is 5.94. The van der Waals surface area contributed by atoms with Crippen LogP contribution in [-0.4, -0.2) is 21.9 Å². The van der Waals surface area contributed by atoms with Gasteiger partial charge in [0.1, 0.15) is 0 Å². The zero-order valence-electron chi connectivity index (χ0n) is 17.5. The van der Waals surface area contributed by atoms with Gasteiger partial charge in [0.25, 0.3) is 5.91 Å². The number of nitrogens with zero attached hydrogens (tertiary/aromatic N) is 2. The van der Waals surface area contributed by atoms with Gasteiger partial charge in [-0.3, -0.25) is 4.79 Å². The molecule has 0 saturated carbocycles. The van der Waals surface area contributed by atoms with Crippen molar-refractivity contribution in [3.63, 3.8) is 0 Å². The van der Waals surface area contributed by atoms with Crippen molar-refractivity contribution in [2.24, 2.45) is 0 Å². The van der Waals surface area contributed by atoms with Gasteiger partial charge < -0.3 is 9.47 Å². The second-order valence-corrected chi connectivity index (χ2v) is 8.10. The van der Waals surface area contributed by atoms with Crippen molar-refractivity contribution in [1.29, 1.82) is 0 Å². The van der Waals surface area contributed by atoms with Crippen molar-refractivity contribution < 1.29 is 4.79 Å². The van der Waals surface area contributed by atoms with Crippen molar-refractivity contribution in [3.8, 4) is 0 Å². The molecule has 3 nitrogen and oxygen atoms in total. The van der Waals surface area contributed by atoms with E-state index in [0.717, 1.165) is 31.5 Å². The van der Waals surface area contributed by atoms with Crippen LogP contribution in [0, 0.1) is 6.92 Å². The Kier molecular flexibility index (Phi) is 5.84. The molecular formula is C26H30N2O. The summed E-state index contributed by atoms with van der Waals surface area (Å²) in [7, 11) is 0. The summed E-state index contributed by atoms with van der Waals surface area (Å²) in [6, 6.07) is 21.0. The summed E-state index contributed by atoms with van der Waals surface area (Å²) in [4.78, 5) is 15.7.